The number of aromatic hydroxyl groups is 1. The standard InChI is InChI=1S/C19H24N2O/c1-2-3-8-18(21-13-11-20-12-14-21)16-9-10-19(22)17-7-5-4-6-15(16)17/h2,4-7,9-10,18,20,22H,1,3,8,11-14H2/t18-/m0/s1. The fourth-order valence-electron chi connectivity index (χ4n) is 3.40. The Kier molecular flexibility index (Phi) is 4.76. The molecular weight excluding hydrogens is 272 g/mol. The Hall–Kier alpha value is -1.84. The average molecular weight is 296 g/mol. The summed E-state index contributed by atoms with van der Waals surface area (Å²) in [7, 11) is 0. The Morgan fingerprint density at radius 3 is 2.59 bits per heavy atom. The lowest BCUT2D eigenvalue weighted by molar-refractivity contribution is 0.167. The van der Waals surface area contributed by atoms with Gasteiger partial charge in [-0.1, -0.05) is 36.4 Å². The van der Waals surface area contributed by atoms with Crippen LogP contribution in [-0.2, 0) is 0 Å². The number of piperazine rings is 1. The molecular formula is C19H24N2O. The third kappa shape index (κ3) is 3.01. The van der Waals surface area contributed by atoms with Crippen molar-refractivity contribution in [1.29, 1.82) is 0 Å². The van der Waals surface area contributed by atoms with E-state index in [9.17, 15) is 5.11 Å². The van der Waals surface area contributed by atoms with E-state index in [1.807, 2.05) is 30.3 Å². The predicted molar refractivity (Wildman–Crippen MR) is 92.2 cm³/mol. The van der Waals surface area contributed by atoms with Gasteiger partial charge in [-0.15, -0.1) is 6.58 Å². The predicted octanol–water partition coefficient (Wildman–Crippen LogP) is 3.46. The van der Waals surface area contributed by atoms with E-state index in [-0.39, 0.29) is 0 Å². The zero-order valence-corrected chi connectivity index (χ0v) is 13.0. The van der Waals surface area contributed by atoms with Gasteiger partial charge < -0.3 is 10.4 Å². The van der Waals surface area contributed by atoms with Crippen molar-refractivity contribution in [2.75, 3.05) is 26.2 Å². The molecule has 116 valence electrons. The summed E-state index contributed by atoms with van der Waals surface area (Å²) in [5.41, 5.74) is 1.32. The number of hydrogen-bond donors (Lipinski definition) is 2. The van der Waals surface area contributed by atoms with Crippen molar-refractivity contribution in [3.63, 3.8) is 0 Å². The van der Waals surface area contributed by atoms with Crippen molar-refractivity contribution in [3.8, 4) is 5.75 Å². The number of fused-ring (bicyclic) bond motifs is 1. The highest BCUT2D eigenvalue weighted by Gasteiger charge is 2.23. The van der Waals surface area contributed by atoms with Crippen molar-refractivity contribution in [1.82, 2.24) is 10.2 Å². The molecule has 3 rings (SSSR count). The zero-order chi connectivity index (χ0) is 15.4. The molecule has 3 heteroatoms. The second-order valence-corrected chi connectivity index (χ2v) is 5.89. The van der Waals surface area contributed by atoms with E-state index in [1.165, 1.54) is 5.56 Å². The molecule has 0 saturated carbocycles. The lowest BCUT2D eigenvalue weighted by Crippen LogP contribution is -2.45. The monoisotopic (exact) mass is 296 g/mol. The van der Waals surface area contributed by atoms with E-state index in [2.05, 4.69) is 28.9 Å². The van der Waals surface area contributed by atoms with Crippen LogP contribution in [0, 0.1) is 0 Å². The van der Waals surface area contributed by atoms with Crippen LogP contribution in [0.3, 0.4) is 0 Å². The van der Waals surface area contributed by atoms with Gasteiger partial charge in [0.25, 0.3) is 0 Å². The first-order chi connectivity index (χ1) is 10.8. The van der Waals surface area contributed by atoms with Gasteiger partial charge in [0.15, 0.2) is 0 Å². The molecule has 1 saturated heterocycles. The van der Waals surface area contributed by atoms with E-state index >= 15 is 0 Å². The van der Waals surface area contributed by atoms with Crippen LogP contribution in [0.4, 0.5) is 0 Å². The number of hydrogen-bond acceptors (Lipinski definition) is 3. The van der Waals surface area contributed by atoms with E-state index in [0.717, 1.165) is 49.8 Å². The summed E-state index contributed by atoms with van der Waals surface area (Å²) in [6.45, 7) is 8.09. The Bertz CT molecular complexity index is 647. The number of allylic oxidation sites excluding steroid dienone is 1. The van der Waals surface area contributed by atoms with Crippen LogP contribution in [0.25, 0.3) is 10.8 Å². The number of benzene rings is 2. The first-order valence-electron chi connectivity index (χ1n) is 8.07. The first-order valence-corrected chi connectivity index (χ1v) is 8.07. The zero-order valence-electron chi connectivity index (χ0n) is 13.0. The smallest absolute Gasteiger partial charge is 0.123 e. The van der Waals surface area contributed by atoms with E-state index in [0.29, 0.717) is 11.8 Å². The number of phenols is 1. The maximum absolute atomic E-state index is 10.1. The molecule has 1 heterocycles. The quantitative estimate of drug-likeness (QED) is 0.830. The largest absolute Gasteiger partial charge is 0.507 e. The molecule has 0 radical (unpaired) electrons. The minimum atomic E-state index is 0.363. The number of phenolic OH excluding ortho intramolecular Hbond substituents is 1. The summed E-state index contributed by atoms with van der Waals surface area (Å²) < 4.78 is 0. The highest BCUT2D eigenvalue weighted by molar-refractivity contribution is 5.91. The summed E-state index contributed by atoms with van der Waals surface area (Å²) in [6.07, 6.45) is 4.07. The van der Waals surface area contributed by atoms with Crippen molar-refractivity contribution in [3.05, 3.63) is 54.6 Å². The lowest BCUT2D eigenvalue weighted by Gasteiger charge is -2.35. The van der Waals surface area contributed by atoms with Gasteiger partial charge in [0, 0.05) is 37.6 Å². The molecule has 2 N–H and O–H groups in total. The molecule has 3 nitrogen and oxygen atoms in total. The molecule has 0 bridgehead atoms. The Morgan fingerprint density at radius 2 is 1.86 bits per heavy atom. The van der Waals surface area contributed by atoms with Crippen LogP contribution in [0.2, 0.25) is 0 Å². The van der Waals surface area contributed by atoms with E-state index < -0.39 is 0 Å². The molecule has 1 aliphatic heterocycles. The molecule has 2 aromatic rings. The highest BCUT2D eigenvalue weighted by Crippen LogP contribution is 2.35. The van der Waals surface area contributed by atoms with Crippen molar-refractivity contribution in [2.24, 2.45) is 0 Å². The molecule has 1 atom stereocenters. The van der Waals surface area contributed by atoms with Gasteiger partial charge >= 0.3 is 0 Å². The van der Waals surface area contributed by atoms with Gasteiger partial charge in [-0.2, -0.15) is 0 Å². The summed E-state index contributed by atoms with van der Waals surface area (Å²) in [5.74, 6) is 0.363. The van der Waals surface area contributed by atoms with Gasteiger partial charge in [0.05, 0.1) is 0 Å². The minimum Gasteiger partial charge on any atom is -0.507 e. The van der Waals surface area contributed by atoms with Crippen LogP contribution in [0.5, 0.6) is 5.75 Å². The molecule has 1 fully saturated rings. The number of rotatable bonds is 5. The van der Waals surface area contributed by atoms with Gasteiger partial charge in [-0.3, -0.25) is 4.90 Å². The van der Waals surface area contributed by atoms with Gasteiger partial charge in [-0.05, 0) is 29.9 Å². The third-order valence-corrected chi connectivity index (χ3v) is 4.53. The van der Waals surface area contributed by atoms with Gasteiger partial charge in [-0.25, -0.2) is 0 Å². The minimum absolute atomic E-state index is 0.363. The molecule has 0 aliphatic carbocycles. The summed E-state index contributed by atoms with van der Waals surface area (Å²) in [6, 6.07) is 12.5. The summed E-state index contributed by atoms with van der Waals surface area (Å²) >= 11 is 0. The molecule has 0 amide bonds. The summed E-state index contributed by atoms with van der Waals surface area (Å²) in [5, 5.41) is 15.7. The normalized spacial score (nSPS) is 17.5. The van der Waals surface area contributed by atoms with Crippen molar-refractivity contribution in [2.45, 2.75) is 18.9 Å². The lowest BCUT2D eigenvalue weighted by atomic mass is 9.93. The Balaban J connectivity index is 2.03. The maximum atomic E-state index is 10.1. The Labute approximate surface area is 132 Å². The third-order valence-electron chi connectivity index (χ3n) is 4.53. The Morgan fingerprint density at radius 1 is 1.14 bits per heavy atom. The molecule has 2 aromatic carbocycles. The highest BCUT2D eigenvalue weighted by atomic mass is 16.3. The second-order valence-electron chi connectivity index (χ2n) is 5.89. The average Bonchev–Trinajstić information content (AvgIpc) is 2.58. The van der Waals surface area contributed by atoms with E-state index in [4.69, 9.17) is 0 Å². The number of nitrogens with zero attached hydrogens (tertiary/aromatic N) is 1. The van der Waals surface area contributed by atoms with Crippen molar-refractivity contribution >= 4 is 10.8 Å². The number of nitrogens with one attached hydrogen (secondary N) is 1. The van der Waals surface area contributed by atoms with Crippen LogP contribution >= 0.6 is 0 Å². The fraction of sp³-hybridized carbons (Fsp3) is 0.368. The van der Waals surface area contributed by atoms with Crippen LogP contribution in [0.1, 0.15) is 24.4 Å². The maximum Gasteiger partial charge on any atom is 0.123 e. The topological polar surface area (TPSA) is 35.5 Å². The molecule has 0 unspecified atom stereocenters. The molecule has 22 heavy (non-hydrogen) atoms. The molecule has 1 aliphatic rings. The molecule has 0 spiro atoms. The van der Waals surface area contributed by atoms with Crippen LogP contribution in [-0.4, -0.2) is 36.2 Å². The van der Waals surface area contributed by atoms with Crippen LogP contribution in [0.15, 0.2) is 49.1 Å². The van der Waals surface area contributed by atoms with Crippen molar-refractivity contribution < 1.29 is 5.11 Å². The summed E-state index contributed by atoms with van der Waals surface area (Å²) in [4.78, 5) is 2.55. The van der Waals surface area contributed by atoms with E-state index in [1.54, 1.807) is 0 Å². The SMILES string of the molecule is C=CCC[C@@H](c1ccc(O)c2ccccc12)N1CCNCC1. The van der Waals surface area contributed by atoms with Gasteiger partial charge in [0.1, 0.15) is 5.75 Å². The molecule has 0 aromatic heterocycles. The van der Waals surface area contributed by atoms with Gasteiger partial charge in [0.2, 0.25) is 0 Å². The second kappa shape index (κ2) is 6.95. The first kappa shape index (κ1) is 15.1. The fourth-order valence-corrected chi connectivity index (χ4v) is 3.40. The van der Waals surface area contributed by atoms with Crippen LogP contribution < -0.4 is 5.32 Å².